The van der Waals surface area contributed by atoms with Gasteiger partial charge in [-0.05, 0) is 0 Å². The normalized spacial score (nSPS) is 23.9. The van der Waals surface area contributed by atoms with Crippen molar-refractivity contribution in [3.63, 3.8) is 0 Å². The highest BCUT2D eigenvalue weighted by Crippen LogP contribution is 2.28. The maximum absolute atomic E-state index is 5.79. The van der Waals surface area contributed by atoms with E-state index in [1.165, 1.54) is 0 Å². The van der Waals surface area contributed by atoms with E-state index in [9.17, 15) is 0 Å². The van der Waals surface area contributed by atoms with Gasteiger partial charge in [-0.3, -0.25) is 0 Å². The predicted molar refractivity (Wildman–Crippen MR) is 54.6 cm³/mol. The lowest BCUT2D eigenvalue weighted by Gasteiger charge is -2.51. The molecule has 0 amide bonds. The van der Waals surface area contributed by atoms with Crippen LogP contribution in [0.25, 0.3) is 0 Å². The molecule has 1 aromatic rings. The first-order valence-electron chi connectivity index (χ1n) is 5.16. The van der Waals surface area contributed by atoms with Crippen molar-refractivity contribution in [3.05, 3.63) is 18.5 Å². The zero-order valence-electron chi connectivity index (χ0n) is 8.44. The number of anilines is 1. The van der Waals surface area contributed by atoms with Crippen LogP contribution < -0.4 is 10.2 Å². The Morgan fingerprint density at radius 3 is 2.87 bits per heavy atom. The molecular formula is C10H13N4O. The van der Waals surface area contributed by atoms with E-state index in [0.29, 0.717) is 0 Å². The van der Waals surface area contributed by atoms with E-state index >= 15 is 0 Å². The van der Waals surface area contributed by atoms with Gasteiger partial charge in [-0.25, -0.2) is 9.97 Å². The van der Waals surface area contributed by atoms with E-state index < -0.39 is 0 Å². The topological polar surface area (TPSA) is 50.3 Å². The van der Waals surface area contributed by atoms with Crippen LogP contribution in [0.15, 0.2) is 12.4 Å². The van der Waals surface area contributed by atoms with Crippen LogP contribution in [0.1, 0.15) is 0 Å². The Hall–Kier alpha value is -1.20. The quantitative estimate of drug-likeness (QED) is 0.667. The Labute approximate surface area is 88.5 Å². The molecule has 0 aliphatic carbocycles. The summed E-state index contributed by atoms with van der Waals surface area (Å²) in [6, 6.07) is 2.81. The zero-order chi connectivity index (χ0) is 10.1. The molecule has 79 valence electrons. The SMILES string of the molecule is [c]1cnc(N2CC3(CNCCO3)C2)nc1. The van der Waals surface area contributed by atoms with Gasteiger partial charge in [0.15, 0.2) is 0 Å². The molecule has 1 N–H and O–H groups in total. The van der Waals surface area contributed by atoms with Gasteiger partial charge in [-0.15, -0.1) is 0 Å². The molecule has 0 unspecified atom stereocenters. The second-order valence-electron chi connectivity index (χ2n) is 4.05. The van der Waals surface area contributed by atoms with Gasteiger partial charge in [-0.2, -0.15) is 0 Å². The van der Waals surface area contributed by atoms with Crippen LogP contribution >= 0.6 is 0 Å². The van der Waals surface area contributed by atoms with E-state index in [-0.39, 0.29) is 5.60 Å². The minimum absolute atomic E-state index is 0.00116. The summed E-state index contributed by atoms with van der Waals surface area (Å²) < 4.78 is 5.79. The van der Waals surface area contributed by atoms with Crippen LogP contribution in [0.2, 0.25) is 0 Å². The molecule has 15 heavy (non-hydrogen) atoms. The third-order valence-corrected chi connectivity index (χ3v) is 2.88. The maximum Gasteiger partial charge on any atom is 0.225 e. The van der Waals surface area contributed by atoms with Gasteiger partial charge >= 0.3 is 0 Å². The number of nitrogens with one attached hydrogen (secondary N) is 1. The molecule has 3 rings (SSSR count). The van der Waals surface area contributed by atoms with Crippen molar-refractivity contribution in [2.24, 2.45) is 0 Å². The summed E-state index contributed by atoms with van der Waals surface area (Å²) in [7, 11) is 0. The molecule has 5 heteroatoms. The smallest absolute Gasteiger partial charge is 0.225 e. The summed E-state index contributed by atoms with van der Waals surface area (Å²) in [5.41, 5.74) is 0.00116. The molecule has 0 saturated carbocycles. The Balaban J connectivity index is 1.66. The molecular weight excluding hydrogens is 192 g/mol. The van der Waals surface area contributed by atoms with Crippen LogP contribution in [-0.4, -0.2) is 48.4 Å². The summed E-state index contributed by atoms with van der Waals surface area (Å²) in [6.45, 7) is 4.45. The van der Waals surface area contributed by atoms with Crippen molar-refractivity contribution >= 4 is 5.95 Å². The number of nitrogens with zero attached hydrogens (tertiary/aromatic N) is 3. The van der Waals surface area contributed by atoms with E-state index in [1.807, 2.05) is 0 Å². The molecule has 0 bridgehead atoms. The number of morpholine rings is 1. The molecule has 2 saturated heterocycles. The summed E-state index contributed by atoms with van der Waals surface area (Å²) >= 11 is 0. The fourth-order valence-electron chi connectivity index (χ4n) is 2.12. The Morgan fingerprint density at radius 1 is 1.40 bits per heavy atom. The summed E-state index contributed by atoms with van der Waals surface area (Å²) in [4.78, 5) is 10.4. The zero-order valence-corrected chi connectivity index (χ0v) is 8.44. The first kappa shape index (κ1) is 9.06. The van der Waals surface area contributed by atoms with Gasteiger partial charge in [0.05, 0.1) is 19.7 Å². The lowest BCUT2D eigenvalue weighted by atomic mass is 9.93. The summed E-state index contributed by atoms with van der Waals surface area (Å²) in [6.07, 6.45) is 3.29. The molecule has 3 heterocycles. The van der Waals surface area contributed by atoms with Gasteiger partial charge in [-0.1, -0.05) is 0 Å². The molecule has 0 aromatic carbocycles. The van der Waals surface area contributed by atoms with E-state index in [2.05, 4.69) is 26.3 Å². The minimum Gasteiger partial charge on any atom is -0.369 e. The van der Waals surface area contributed by atoms with Crippen LogP contribution in [-0.2, 0) is 4.74 Å². The van der Waals surface area contributed by atoms with E-state index in [1.54, 1.807) is 12.4 Å². The van der Waals surface area contributed by atoms with Gasteiger partial charge < -0.3 is 15.0 Å². The van der Waals surface area contributed by atoms with Gasteiger partial charge in [0.25, 0.3) is 0 Å². The van der Waals surface area contributed by atoms with Crippen LogP contribution in [0, 0.1) is 6.07 Å². The number of ether oxygens (including phenoxy) is 1. The molecule has 2 aliphatic heterocycles. The van der Waals surface area contributed by atoms with Gasteiger partial charge in [0, 0.05) is 31.5 Å². The molecule has 1 aromatic heterocycles. The van der Waals surface area contributed by atoms with Gasteiger partial charge in [0.1, 0.15) is 5.60 Å². The molecule has 1 radical (unpaired) electrons. The monoisotopic (exact) mass is 205 g/mol. The molecule has 5 nitrogen and oxygen atoms in total. The lowest BCUT2D eigenvalue weighted by molar-refractivity contribution is -0.0834. The second kappa shape index (κ2) is 3.43. The fourth-order valence-corrected chi connectivity index (χ4v) is 2.12. The molecule has 0 atom stereocenters. The lowest BCUT2D eigenvalue weighted by Crippen LogP contribution is -2.70. The maximum atomic E-state index is 5.79. The van der Waals surface area contributed by atoms with Crippen LogP contribution in [0.3, 0.4) is 0 Å². The predicted octanol–water partition coefficient (Wildman–Crippen LogP) is -0.545. The van der Waals surface area contributed by atoms with Crippen LogP contribution in [0.5, 0.6) is 0 Å². The fraction of sp³-hybridized carbons (Fsp3) is 0.600. The summed E-state index contributed by atoms with van der Waals surface area (Å²) in [5, 5.41) is 3.35. The largest absolute Gasteiger partial charge is 0.369 e. The van der Waals surface area contributed by atoms with Crippen molar-refractivity contribution in [2.75, 3.05) is 37.7 Å². The molecule has 2 fully saturated rings. The number of hydrogen-bond donors (Lipinski definition) is 1. The van der Waals surface area contributed by atoms with Crippen molar-refractivity contribution in [3.8, 4) is 0 Å². The third-order valence-electron chi connectivity index (χ3n) is 2.88. The van der Waals surface area contributed by atoms with Crippen molar-refractivity contribution in [1.29, 1.82) is 0 Å². The Morgan fingerprint density at radius 2 is 2.20 bits per heavy atom. The van der Waals surface area contributed by atoms with E-state index in [4.69, 9.17) is 4.74 Å². The minimum atomic E-state index is 0.00116. The number of rotatable bonds is 1. The first-order valence-corrected chi connectivity index (χ1v) is 5.16. The second-order valence-corrected chi connectivity index (χ2v) is 4.05. The van der Waals surface area contributed by atoms with Crippen LogP contribution in [0.4, 0.5) is 5.95 Å². The third kappa shape index (κ3) is 1.57. The number of hydrogen-bond acceptors (Lipinski definition) is 5. The Kier molecular flexibility index (Phi) is 2.07. The van der Waals surface area contributed by atoms with Crippen molar-refractivity contribution < 1.29 is 4.74 Å². The Bertz CT molecular complexity index is 329. The van der Waals surface area contributed by atoms with Gasteiger partial charge in [0.2, 0.25) is 5.95 Å². The first-order chi connectivity index (χ1) is 7.38. The highest BCUT2D eigenvalue weighted by Gasteiger charge is 2.46. The molecule has 1 spiro atoms. The number of aromatic nitrogens is 2. The van der Waals surface area contributed by atoms with Crippen molar-refractivity contribution in [1.82, 2.24) is 15.3 Å². The highest BCUT2D eigenvalue weighted by atomic mass is 16.5. The van der Waals surface area contributed by atoms with Crippen molar-refractivity contribution in [2.45, 2.75) is 5.60 Å². The average molecular weight is 205 g/mol. The summed E-state index contributed by atoms with van der Waals surface area (Å²) in [5.74, 6) is 0.772. The molecule has 2 aliphatic rings. The standard InChI is InChI=1S/C10H13N4O/c1-2-12-9(13-3-1)14-7-10(8-14)6-11-4-5-15-10/h2-3,11H,4-8H2. The average Bonchev–Trinajstić information content (AvgIpc) is 2.28. The van der Waals surface area contributed by atoms with E-state index in [0.717, 1.165) is 38.7 Å². The highest BCUT2D eigenvalue weighted by molar-refractivity contribution is 5.37.